The standard InChI is InChI=1S/C21H26O4/c1-23-19-9-6-16(7-10-19)5-8-18-15-21-20(24-12-13-25-21)14-17(18)4-2-3-11-22/h6-7,9-10,14-15,22H,2-5,8,11-13H2,1H3. The first-order valence-electron chi connectivity index (χ1n) is 8.95. The van der Waals surface area contributed by atoms with Crippen LogP contribution in [0.5, 0.6) is 17.2 Å². The molecule has 134 valence electrons. The van der Waals surface area contributed by atoms with Crippen molar-refractivity contribution < 1.29 is 19.3 Å². The van der Waals surface area contributed by atoms with Crippen LogP contribution < -0.4 is 14.2 Å². The molecule has 0 bridgehead atoms. The molecule has 0 saturated heterocycles. The summed E-state index contributed by atoms with van der Waals surface area (Å²) in [5.74, 6) is 2.58. The number of rotatable bonds is 8. The first-order chi connectivity index (χ1) is 12.3. The lowest BCUT2D eigenvalue weighted by Gasteiger charge is -2.21. The van der Waals surface area contributed by atoms with Gasteiger partial charge in [-0.1, -0.05) is 12.1 Å². The molecule has 2 aromatic carbocycles. The molecule has 4 heteroatoms. The summed E-state index contributed by atoms with van der Waals surface area (Å²) >= 11 is 0. The fourth-order valence-corrected chi connectivity index (χ4v) is 3.14. The van der Waals surface area contributed by atoms with Crippen LogP contribution >= 0.6 is 0 Å². The second kappa shape index (κ2) is 8.77. The lowest BCUT2D eigenvalue weighted by Crippen LogP contribution is -2.16. The Balaban J connectivity index is 1.74. The lowest BCUT2D eigenvalue weighted by molar-refractivity contribution is 0.171. The molecule has 0 spiro atoms. The minimum Gasteiger partial charge on any atom is -0.497 e. The van der Waals surface area contributed by atoms with Gasteiger partial charge >= 0.3 is 0 Å². The quantitative estimate of drug-likeness (QED) is 0.745. The molecule has 0 fully saturated rings. The Labute approximate surface area is 149 Å². The minimum atomic E-state index is 0.242. The Morgan fingerprint density at radius 1 is 0.880 bits per heavy atom. The van der Waals surface area contributed by atoms with Crippen LogP contribution in [0.4, 0.5) is 0 Å². The molecule has 0 unspecified atom stereocenters. The molecule has 1 N–H and O–H groups in total. The summed E-state index contributed by atoms with van der Waals surface area (Å²) in [6, 6.07) is 12.5. The van der Waals surface area contributed by atoms with Gasteiger partial charge < -0.3 is 19.3 Å². The summed E-state index contributed by atoms with van der Waals surface area (Å²) in [5.41, 5.74) is 3.89. The van der Waals surface area contributed by atoms with E-state index in [0.29, 0.717) is 13.2 Å². The maximum Gasteiger partial charge on any atom is 0.161 e. The van der Waals surface area contributed by atoms with Crippen LogP contribution in [-0.2, 0) is 19.3 Å². The number of unbranched alkanes of at least 4 members (excludes halogenated alkanes) is 1. The van der Waals surface area contributed by atoms with Gasteiger partial charge in [0.1, 0.15) is 19.0 Å². The molecule has 2 aromatic rings. The Hall–Kier alpha value is -2.20. The van der Waals surface area contributed by atoms with Crippen LogP contribution in [0.2, 0.25) is 0 Å². The molecule has 0 atom stereocenters. The highest BCUT2D eigenvalue weighted by Gasteiger charge is 2.15. The Morgan fingerprint density at radius 3 is 2.12 bits per heavy atom. The van der Waals surface area contributed by atoms with Crippen molar-refractivity contribution in [1.82, 2.24) is 0 Å². The Kier molecular flexibility index (Phi) is 6.18. The molecule has 0 saturated carbocycles. The van der Waals surface area contributed by atoms with Gasteiger partial charge in [-0.15, -0.1) is 0 Å². The SMILES string of the molecule is COc1ccc(CCc2cc3c(cc2CCCCO)OCCO3)cc1. The molecule has 0 aromatic heterocycles. The topological polar surface area (TPSA) is 47.9 Å². The third-order valence-corrected chi connectivity index (χ3v) is 4.56. The smallest absolute Gasteiger partial charge is 0.161 e. The van der Waals surface area contributed by atoms with Crippen LogP contribution in [0.3, 0.4) is 0 Å². The van der Waals surface area contributed by atoms with E-state index in [4.69, 9.17) is 19.3 Å². The van der Waals surface area contributed by atoms with Crippen molar-refractivity contribution in [1.29, 1.82) is 0 Å². The molecule has 25 heavy (non-hydrogen) atoms. The van der Waals surface area contributed by atoms with E-state index in [9.17, 15) is 0 Å². The van der Waals surface area contributed by atoms with Crippen molar-refractivity contribution >= 4 is 0 Å². The van der Waals surface area contributed by atoms with Gasteiger partial charge in [-0.05, 0) is 73.1 Å². The highest BCUT2D eigenvalue weighted by molar-refractivity contribution is 5.48. The number of aryl methyl sites for hydroxylation is 3. The molecular weight excluding hydrogens is 316 g/mol. The Morgan fingerprint density at radius 2 is 1.52 bits per heavy atom. The van der Waals surface area contributed by atoms with Crippen molar-refractivity contribution in [3.8, 4) is 17.2 Å². The molecule has 0 amide bonds. The van der Waals surface area contributed by atoms with E-state index in [-0.39, 0.29) is 6.61 Å². The third-order valence-electron chi connectivity index (χ3n) is 4.56. The normalized spacial score (nSPS) is 12.9. The zero-order valence-electron chi connectivity index (χ0n) is 14.8. The van der Waals surface area contributed by atoms with Gasteiger partial charge in [-0.3, -0.25) is 0 Å². The van der Waals surface area contributed by atoms with Gasteiger partial charge in [0, 0.05) is 6.61 Å². The van der Waals surface area contributed by atoms with E-state index < -0.39 is 0 Å². The highest BCUT2D eigenvalue weighted by Crippen LogP contribution is 2.34. The number of methoxy groups -OCH3 is 1. The summed E-state index contributed by atoms with van der Waals surface area (Å²) < 4.78 is 16.7. The van der Waals surface area contributed by atoms with Crippen molar-refractivity contribution in [2.24, 2.45) is 0 Å². The molecule has 1 aliphatic heterocycles. The zero-order chi connectivity index (χ0) is 17.5. The predicted octanol–water partition coefficient (Wildman–Crippen LogP) is 3.57. The second-order valence-electron chi connectivity index (χ2n) is 6.29. The van der Waals surface area contributed by atoms with E-state index in [1.807, 2.05) is 12.1 Å². The third kappa shape index (κ3) is 4.67. The van der Waals surface area contributed by atoms with Crippen LogP contribution in [-0.4, -0.2) is 32.0 Å². The maximum absolute atomic E-state index is 9.05. The molecule has 1 aliphatic rings. The number of aliphatic hydroxyl groups is 1. The van der Waals surface area contributed by atoms with E-state index in [1.165, 1.54) is 16.7 Å². The molecule has 0 radical (unpaired) electrons. The van der Waals surface area contributed by atoms with Gasteiger partial charge in [0.25, 0.3) is 0 Å². The van der Waals surface area contributed by atoms with Crippen LogP contribution in [0, 0.1) is 0 Å². The first-order valence-corrected chi connectivity index (χ1v) is 8.95. The van der Waals surface area contributed by atoms with Crippen molar-refractivity contribution in [3.63, 3.8) is 0 Å². The summed E-state index contributed by atoms with van der Waals surface area (Å²) in [7, 11) is 1.68. The number of fused-ring (bicyclic) bond motifs is 1. The molecular formula is C21H26O4. The summed E-state index contributed by atoms with van der Waals surface area (Å²) in [6.45, 7) is 1.45. The van der Waals surface area contributed by atoms with E-state index in [2.05, 4.69) is 24.3 Å². The Bertz CT molecular complexity index is 679. The summed E-state index contributed by atoms with van der Waals surface area (Å²) in [4.78, 5) is 0. The number of hydrogen-bond donors (Lipinski definition) is 1. The van der Waals surface area contributed by atoms with Crippen LogP contribution in [0.1, 0.15) is 29.5 Å². The maximum atomic E-state index is 9.05. The van der Waals surface area contributed by atoms with Crippen LogP contribution in [0.15, 0.2) is 36.4 Å². The van der Waals surface area contributed by atoms with E-state index >= 15 is 0 Å². The highest BCUT2D eigenvalue weighted by atomic mass is 16.6. The largest absolute Gasteiger partial charge is 0.497 e. The van der Waals surface area contributed by atoms with Gasteiger partial charge in [-0.25, -0.2) is 0 Å². The average molecular weight is 342 g/mol. The van der Waals surface area contributed by atoms with E-state index in [1.54, 1.807) is 7.11 Å². The predicted molar refractivity (Wildman–Crippen MR) is 97.9 cm³/mol. The molecule has 1 heterocycles. The van der Waals surface area contributed by atoms with Gasteiger partial charge in [0.2, 0.25) is 0 Å². The van der Waals surface area contributed by atoms with Crippen molar-refractivity contribution in [2.45, 2.75) is 32.1 Å². The van der Waals surface area contributed by atoms with Gasteiger partial charge in [-0.2, -0.15) is 0 Å². The molecule has 0 aliphatic carbocycles. The fraction of sp³-hybridized carbons (Fsp3) is 0.429. The van der Waals surface area contributed by atoms with E-state index in [0.717, 1.165) is 49.4 Å². The number of hydrogen-bond acceptors (Lipinski definition) is 4. The second-order valence-corrected chi connectivity index (χ2v) is 6.29. The zero-order valence-corrected chi connectivity index (χ0v) is 14.8. The first kappa shape index (κ1) is 17.6. The minimum absolute atomic E-state index is 0.242. The average Bonchev–Trinajstić information content (AvgIpc) is 2.67. The summed E-state index contributed by atoms with van der Waals surface area (Å²) in [5, 5.41) is 9.05. The van der Waals surface area contributed by atoms with Crippen LogP contribution in [0.25, 0.3) is 0 Å². The fourth-order valence-electron chi connectivity index (χ4n) is 3.14. The number of ether oxygens (including phenoxy) is 3. The number of aliphatic hydroxyl groups excluding tert-OH is 1. The molecule has 3 rings (SSSR count). The summed E-state index contributed by atoms with van der Waals surface area (Å²) in [6.07, 6.45) is 4.68. The van der Waals surface area contributed by atoms with Crippen molar-refractivity contribution in [2.75, 3.05) is 26.9 Å². The monoisotopic (exact) mass is 342 g/mol. The lowest BCUT2D eigenvalue weighted by atomic mass is 9.95. The van der Waals surface area contributed by atoms with Gasteiger partial charge in [0.05, 0.1) is 7.11 Å². The molecule has 4 nitrogen and oxygen atoms in total. The van der Waals surface area contributed by atoms with Gasteiger partial charge in [0.15, 0.2) is 11.5 Å². The number of benzene rings is 2. The van der Waals surface area contributed by atoms with Crippen molar-refractivity contribution in [3.05, 3.63) is 53.1 Å².